The van der Waals surface area contributed by atoms with E-state index in [1.165, 1.54) is 62.0 Å². The van der Waals surface area contributed by atoms with Gasteiger partial charge in [0, 0.05) is 52.4 Å². The molecule has 1 N–H and O–H groups in total. The van der Waals surface area contributed by atoms with Crippen LogP contribution in [0.25, 0.3) is 11.1 Å². The smallest absolute Gasteiger partial charge is 0.250 e. The lowest BCUT2D eigenvalue weighted by Crippen LogP contribution is -2.39. The summed E-state index contributed by atoms with van der Waals surface area (Å²) < 4.78 is 85.1. The largest absolute Gasteiger partial charge is 0.598 e. The van der Waals surface area contributed by atoms with Crippen molar-refractivity contribution in [2.75, 3.05) is 21.0 Å². The van der Waals surface area contributed by atoms with Gasteiger partial charge in [0.1, 0.15) is 17.3 Å². The van der Waals surface area contributed by atoms with Crippen molar-refractivity contribution >= 4 is 54.5 Å². The Hall–Kier alpha value is -2.75. The molecule has 0 aliphatic heterocycles. The van der Waals surface area contributed by atoms with E-state index in [-0.39, 0.29) is 31.5 Å². The number of aromatic nitrogens is 1. The molecule has 1 aromatic heterocycles. The maximum absolute atomic E-state index is 15.9. The van der Waals surface area contributed by atoms with Crippen LogP contribution in [0.2, 0.25) is 5.02 Å². The predicted molar refractivity (Wildman–Crippen MR) is 173 cm³/mol. The third-order valence-electron chi connectivity index (χ3n) is 6.88. The zero-order valence-electron chi connectivity index (χ0n) is 25.0. The van der Waals surface area contributed by atoms with Crippen molar-refractivity contribution in [3.05, 3.63) is 86.5 Å². The Morgan fingerprint density at radius 1 is 1.05 bits per heavy atom. The van der Waals surface area contributed by atoms with Gasteiger partial charge in [0.15, 0.2) is 5.78 Å². The lowest BCUT2D eigenvalue weighted by Gasteiger charge is -2.25. The van der Waals surface area contributed by atoms with Crippen molar-refractivity contribution in [3.63, 3.8) is 0 Å². The first-order valence-corrected chi connectivity index (χ1v) is 18.7. The Bertz CT molecular complexity index is 1760. The number of carbonyl (C=O) groups is 1. The minimum atomic E-state index is -4.56. The van der Waals surface area contributed by atoms with Crippen LogP contribution in [0, 0.1) is 5.82 Å². The van der Waals surface area contributed by atoms with Crippen LogP contribution in [0.4, 0.5) is 10.1 Å². The molecule has 0 fully saturated rings. The number of nitrogens with one attached hydrogen (secondary N) is 1. The second-order valence-corrected chi connectivity index (χ2v) is 16.2. The topological polar surface area (TPSA) is 146 Å². The van der Waals surface area contributed by atoms with Crippen molar-refractivity contribution in [1.29, 1.82) is 0 Å². The average Bonchev–Trinajstić information content (AvgIpc) is 2.97. The number of aryl methyl sites for hydroxylation is 1. The van der Waals surface area contributed by atoms with Crippen LogP contribution in [0.3, 0.4) is 0 Å². The van der Waals surface area contributed by atoms with E-state index in [2.05, 4.69) is 4.72 Å². The summed E-state index contributed by atoms with van der Waals surface area (Å²) in [7, 11) is -7.67. The van der Waals surface area contributed by atoms with E-state index in [1.54, 1.807) is 6.92 Å². The molecule has 0 aliphatic carbocycles. The molecule has 1 unspecified atom stereocenters. The van der Waals surface area contributed by atoms with Crippen molar-refractivity contribution in [1.82, 2.24) is 9.29 Å². The monoisotopic (exact) mass is 687 g/mol. The Labute approximate surface area is 265 Å². The summed E-state index contributed by atoms with van der Waals surface area (Å²) in [5.41, 5.74) is -0.903. The van der Waals surface area contributed by atoms with Crippen LogP contribution in [-0.2, 0) is 38.5 Å². The number of ketones is 1. The normalized spacial score (nSPS) is 13.5. The summed E-state index contributed by atoms with van der Waals surface area (Å²) in [5, 5.41) is 0.352. The second-order valence-electron chi connectivity index (χ2n) is 10.0. The molecule has 2 aromatic carbocycles. The average molecular weight is 688 g/mol. The summed E-state index contributed by atoms with van der Waals surface area (Å²) in [4.78, 5) is 26.6. The van der Waals surface area contributed by atoms with Crippen LogP contribution in [0.1, 0.15) is 68.1 Å². The summed E-state index contributed by atoms with van der Waals surface area (Å²) in [6, 6.07) is 8.12. The third kappa shape index (κ3) is 7.90. The van der Waals surface area contributed by atoms with Gasteiger partial charge < -0.3 is 9.12 Å². The van der Waals surface area contributed by atoms with Crippen LogP contribution in [0.15, 0.2) is 53.5 Å². The number of hydrogen-bond donors (Lipinski definition) is 1. The molecule has 15 heteroatoms. The van der Waals surface area contributed by atoms with E-state index < -0.39 is 71.8 Å². The van der Waals surface area contributed by atoms with Gasteiger partial charge in [0.2, 0.25) is 20.0 Å². The number of hydrogen-bond acceptors (Lipinski definition) is 8. The maximum Gasteiger partial charge on any atom is 0.250 e. The maximum atomic E-state index is 15.9. The van der Waals surface area contributed by atoms with Gasteiger partial charge in [-0.25, -0.2) is 21.2 Å². The first-order valence-electron chi connectivity index (χ1n) is 13.8. The zero-order chi connectivity index (χ0) is 33.0. The van der Waals surface area contributed by atoms with Crippen molar-refractivity contribution in [2.24, 2.45) is 7.05 Å². The molecule has 3 aromatic rings. The summed E-state index contributed by atoms with van der Waals surface area (Å²) >= 11 is 4.51. The number of halogens is 2. The van der Waals surface area contributed by atoms with Crippen molar-refractivity contribution < 1.29 is 30.6 Å². The van der Waals surface area contributed by atoms with Crippen molar-refractivity contribution in [3.8, 4) is 11.1 Å². The van der Waals surface area contributed by atoms with E-state index in [1.807, 2.05) is 6.92 Å². The first-order chi connectivity index (χ1) is 20.6. The molecule has 0 spiro atoms. The number of carbonyl (C=O) groups excluding carboxylic acids is 1. The minimum Gasteiger partial charge on any atom is -0.598 e. The fraction of sp³-hybridized carbons (Fsp3) is 0.379. The van der Waals surface area contributed by atoms with Gasteiger partial charge >= 0.3 is 0 Å². The van der Waals surface area contributed by atoms with Gasteiger partial charge in [-0.1, -0.05) is 24.9 Å². The number of anilines is 1. The highest BCUT2D eigenvalue weighted by molar-refractivity contribution is 8.10. The molecule has 0 saturated heterocycles. The fourth-order valence-electron chi connectivity index (χ4n) is 4.40. The number of rotatable bonds is 14. The van der Waals surface area contributed by atoms with E-state index in [4.69, 9.17) is 11.6 Å². The summed E-state index contributed by atoms with van der Waals surface area (Å²) in [6.07, 6.45) is 2.88. The molecule has 10 nitrogen and oxygen atoms in total. The molecule has 0 saturated carbocycles. The van der Waals surface area contributed by atoms with E-state index in [0.29, 0.717) is 17.2 Å². The summed E-state index contributed by atoms with van der Waals surface area (Å²) in [6.45, 7) is 6.05. The Balaban J connectivity index is 2.43. The third-order valence-corrected chi connectivity index (χ3v) is 12.6. The van der Waals surface area contributed by atoms with Crippen molar-refractivity contribution in [2.45, 2.75) is 46.6 Å². The standard InChI is InChI=1S/C29H35ClFN3O7S3/c1-6-9-14-42(37)32-19(4)22-17-28(35)33(5)18-25(22)23-16-27(34(43(38,39)7-2)44(40,41)8-3)26(31)15-24(23)29(36)20-10-12-21(30)13-11-20/h10-13,15-19,32H,6-9,14H2,1-5H3/t19-,42?/m1/s1. The van der Waals surface area contributed by atoms with E-state index in [0.717, 1.165) is 18.6 Å². The van der Waals surface area contributed by atoms with E-state index >= 15 is 4.39 Å². The van der Waals surface area contributed by atoms with Crippen LogP contribution in [-0.4, -0.2) is 49.0 Å². The van der Waals surface area contributed by atoms with E-state index in [9.17, 15) is 31.0 Å². The van der Waals surface area contributed by atoms with Gasteiger partial charge in [-0.05, 0) is 74.7 Å². The highest BCUT2D eigenvalue weighted by Gasteiger charge is 2.35. The Morgan fingerprint density at radius 2 is 1.64 bits per heavy atom. The molecule has 0 amide bonds. The highest BCUT2D eigenvalue weighted by Crippen LogP contribution is 2.38. The number of pyridine rings is 1. The quantitative estimate of drug-likeness (QED) is 0.190. The molecule has 1 heterocycles. The van der Waals surface area contributed by atoms with Gasteiger partial charge in [-0.2, -0.15) is 3.71 Å². The first kappa shape index (κ1) is 35.7. The Kier molecular flexibility index (Phi) is 11.8. The molecule has 0 aliphatic rings. The molecule has 2 atom stereocenters. The molecule has 240 valence electrons. The van der Waals surface area contributed by atoms with Gasteiger partial charge in [-0.15, -0.1) is 4.72 Å². The molecule has 0 radical (unpaired) electrons. The second kappa shape index (κ2) is 14.6. The molecule has 0 bridgehead atoms. The van der Waals surface area contributed by atoms with Gasteiger partial charge in [0.25, 0.3) is 5.56 Å². The lowest BCUT2D eigenvalue weighted by atomic mass is 9.90. The number of sulfonamides is 2. The fourth-order valence-corrected chi connectivity index (χ4v) is 9.08. The van der Waals surface area contributed by atoms with Crippen LogP contribution < -0.4 is 14.0 Å². The number of unbranched alkanes of at least 4 members (excludes halogenated alkanes) is 1. The van der Waals surface area contributed by atoms with Crippen LogP contribution >= 0.6 is 11.6 Å². The molecule has 44 heavy (non-hydrogen) atoms. The minimum absolute atomic E-state index is 0.0393. The Morgan fingerprint density at radius 3 is 2.18 bits per heavy atom. The zero-order valence-corrected chi connectivity index (χ0v) is 28.2. The van der Waals surface area contributed by atoms with Crippen LogP contribution in [0.5, 0.6) is 0 Å². The van der Waals surface area contributed by atoms with Gasteiger partial charge in [-0.3, -0.25) is 9.59 Å². The lowest BCUT2D eigenvalue weighted by molar-refractivity contribution is 0.103. The predicted octanol–water partition coefficient (Wildman–Crippen LogP) is 4.70. The molecule has 3 rings (SSSR count). The number of benzene rings is 2. The SMILES string of the molecule is CCCC[S+]([O-])N[C@H](C)c1cc(=O)n(C)cc1-c1cc(N(S(=O)(=O)CC)S(=O)(=O)CC)c(F)cc1C(=O)c1ccc(Cl)cc1. The number of nitrogens with zero attached hydrogens (tertiary/aromatic N) is 2. The summed E-state index contributed by atoms with van der Waals surface area (Å²) in [5.74, 6) is -2.89. The molecular formula is C29H35ClFN3O7S3. The molecular weight excluding hydrogens is 653 g/mol. The highest BCUT2D eigenvalue weighted by atomic mass is 35.5. The van der Waals surface area contributed by atoms with Gasteiger partial charge in [0.05, 0.1) is 17.5 Å².